The van der Waals surface area contributed by atoms with Crippen molar-refractivity contribution < 1.29 is 8.78 Å². The molecule has 0 saturated carbocycles. The second-order valence-electron chi connectivity index (χ2n) is 6.58. The molecule has 27 heavy (non-hydrogen) atoms. The van der Waals surface area contributed by atoms with Gasteiger partial charge in [-0.25, -0.2) is 23.7 Å². The number of pyridine rings is 1. The van der Waals surface area contributed by atoms with Crippen LogP contribution in [0, 0.1) is 18.6 Å². The molecule has 1 aromatic carbocycles. The predicted octanol–water partition coefficient (Wildman–Crippen LogP) is 3.63. The van der Waals surface area contributed by atoms with Gasteiger partial charge in [-0.15, -0.1) is 0 Å². The van der Waals surface area contributed by atoms with E-state index in [0.29, 0.717) is 12.4 Å². The molecule has 0 amide bonds. The third-order valence-electron chi connectivity index (χ3n) is 4.70. The summed E-state index contributed by atoms with van der Waals surface area (Å²) in [5, 5.41) is 3.13. The first kappa shape index (κ1) is 17.3. The van der Waals surface area contributed by atoms with Crippen molar-refractivity contribution >= 4 is 11.6 Å². The van der Waals surface area contributed by atoms with Crippen molar-refractivity contribution in [2.45, 2.75) is 26.4 Å². The summed E-state index contributed by atoms with van der Waals surface area (Å²) in [5.74, 6) is -0.147. The third-order valence-corrected chi connectivity index (χ3v) is 4.70. The molecule has 1 aliphatic heterocycles. The van der Waals surface area contributed by atoms with Gasteiger partial charge < -0.3 is 10.2 Å². The van der Waals surface area contributed by atoms with Gasteiger partial charge in [-0.05, 0) is 24.6 Å². The fourth-order valence-corrected chi connectivity index (χ4v) is 3.20. The Bertz CT molecular complexity index is 959. The van der Waals surface area contributed by atoms with Crippen LogP contribution in [0.3, 0.4) is 0 Å². The fraction of sp³-hybridized carbons (Fsp3) is 0.250. The summed E-state index contributed by atoms with van der Waals surface area (Å²) < 4.78 is 27.3. The highest BCUT2D eigenvalue weighted by molar-refractivity contribution is 5.52. The lowest BCUT2D eigenvalue weighted by Gasteiger charge is -2.30. The van der Waals surface area contributed by atoms with E-state index in [1.807, 2.05) is 25.3 Å². The number of rotatable bonds is 4. The van der Waals surface area contributed by atoms with Crippen LogP contribution in [0.5, 0.6) is 0 Å². The van der Waals surface area contributed by atoms with E-state index in [0.717, 1.165) is 41.7 Å². The maximum absolute atomic E-state index is 13.9. The number of aromatic nitrogens is 3. The Hall–Kier alpha value is -3.09. The molecule has 1 N–H and O–H groups in total. The van der Waals surface area contributed by atoms with Crippen LogP contribution in [0.2, 0.25) is 0 Å². The number of hydrogen-bond acceptors (Lipinski definition) is 5. The standard InChI is InChI=1S/C20H19F2N5/c1-13-5-6-18(23-9-13)27-8-7-17-15(11-27)20(26-12-25-17)24-10-14-3-2-4-16(21)19(14)22/h2-6,9,12H,7-8,10-11H2,1H3,(H,24,25,26). The zero-order chi connectivity index (χ0) is 18.8. The van der Waals surface area contributed by atoms with E-state index in [2.05, 4.69) is 25.2 Å². The summed E-state index contributed by atoms with van der Waals surface area (Å²) >= 11 is 0. The van der Waals surface area contributed by atoms with Gasteiger partial charge in [-0.1, -0.05) is 18.2 Å². The van der Waals surface area contributed by atoms with Crippen molar-refractivity contribution in [2.24, 2.45) is 0 Å². The summed E-state index contributed by atoms with van der Waals surface area (Å²) in [5.41, 5.74) is 3.30. The first-order chi connectivity index (χ1) is 13.1. The SMILES string of the molecule is Cc1ccc(N2CCc3ncnc(NCc4cccc(F)c4F)c3C2)nc1. The molecule has 7 heteroatoms. The number of benzene rings is 1. The zero-order valence-corrected chi connectivity index (χ0v) is 14.9. The molecule has 3 aromatic rings. The van der Waals surface area contributed by atoms with Crippen molar-refractivity contribution in [2.75, 3.05) is 16.8 Å². The van der Waals surface area contributed by atoms with Gasteiger partial charge >= 0.3 is 0 Å². The Balaban J connectivity index is 1.56. The Morgan fingerprint density at radius 1 is 1.11 bits per heavy atom. The number of halogens is 2. The second kappa shape index (κ2) is 7.26. The van der Waals surface area contributed by atoms with Crippen LogP contribution in [0.15, 0.2) is 42.9 Å². The van der Waals surface area contributed by atoms with E-state index >= 15 is 0 Å². The number of aryl methyl sites for hydroxylation is 1. The molecule has 0 unspecified atom stereocenters. The van der Waals surface area contributed by atoms with E-state index in [4.69, 9.17) is 0 Å². The highest BCUT2D eigenvalue weighted by atomic mass is 19.2. The van der Waals surface area contributed by atoms with Gasteiger partial charge in [0.25, 0.3) is 0 Å². The normalized spacial score (nSPS) is 13.4. The zero-order valence-electron chi connectivity index (χ0n) is 14.9. The van der Waals surface area contributed by atoms with Gasteiger partial charge in [0.1, 0.15) is 18.0 Å². The second-order valence-corrected chi connectivity index (χ2v) is 6.58. The van der Waals surface area contributed by atoms with Crippen molar-refractivity contribution in [3.8, 4) is 0 Å². The molecule has 0 fully saturated rings. The average Bonchev–Trinajstić information content (AvgIpc) is 2.69. The van der Waals surface area contributed by atoms with Crippen molar-refractivity contribution in [1.29, 1.82) is 0 Å². The van der Waals surface area contributed by atoms with E-state index in [9.17, 15) is 8.78 Å². The van der Waals surface area contributed by atoms with Gasteiger partial charge in [0.2, 0.25) is 0 Å². The summed E-state index contributed by atoms with van der Waals surface area (Å²) in [7, 11) is 0. The summed E-state index contributed by atoms with van der Waals surface area (Å²) in [4.78, 5) is 15.4. The van der Waals surface area contributed by atoms with E-state index in [-0.39, 0.29) is 12.1 Å². The predicted molar refractivity (Wildman–Crippen MR) is 99.4 cm³/mol. The van der Waals surface area contributed by atoms with Crippen molar-refractivity contribution in [1.82, 2.24) is 15.0 Å². The first-order valence-corrected chi connectivity index (χ1v) is 8.79. The Morgan fingerprint density at radius 2 is 2.00 bits per heavy atom. The van der Waals surface area contributed by atoms with Gasteiger partial charge in [0.05, 0.1) is 5.69 Å². The van der Waals surface area contributed by atoms with Gasteiger partial charge in [0.15, 0.2) is 11.6 Å². The van der Waals surface area contributed by atoms with Crippen molar-refractivity contribution in [3.63, 3.8) is 0 Å². The molecule has 5 nitrogen and oxygen atoms in total. The Morgan fingerprint density at radius 3 is 2.81 bits per heavy atom. The molecule has 1 aliphatic rings. The molecule has 0 atom stereocenters. The Labute approximate surface area is 156 Å². The Kier molecular flexibility index (Phi) is 4.66. The van der Waals surface area contributed by atoms with E-state index in [1.165, 1.54) is 12.4 Å². The van der Waals surface area contributed by atoms with Crippen LogP contribution in [0.4, 0.5) is 20.4 Å². The molecule has 0 radical (unpaired) electrons. The summed E-state index contributed by atoms with van der Waals surface area (Å²) in [6.45, 7) is 3.58. The molecule has 0 aliphatic carbocycles. The fourth-order valence-electron chi connectivity index (χ4n) is 3.20. The van der Waals surface area contributed by atoms with E-state index in [1.54, 1.807) is 6.07 Å². The smallest absolute Gasteiger partial charge is 0.163 e. The number of hydrogen-bond donors (Lipinski definition) is 1. The minimum atomic E-state index is -0.851. The first-order valence-electron chi connectivity index (χ1n) is 8.79. The molecule has 4 rings (SSSR count). The lowest BCUT2D eigenvalue weighted by atomic mass is 10.1. The molecule has 138 valence electrons. The van der Waals surface area contributed by atoms with Crippen LogP contribution in [-0.2, 0) is 19.5 Å². The van der Waals surface area contributed by atoms with Crippen LogP contribution in [0.25, 0.3) is 0 Å². The molecule has 0 saturated heterocycles. The average molecular weight is 367 g/mol. The van der Waals surface area contributed by atoms with Gasteiger partial charge in [0, 0.05) is 43.4 Å². The molecule has 2 aromatic heterocycles. The van der Waals surface area contributed by atoms with Crippen LogP contribution in [-0.4, -0.2) is 21.5 Å². The topological polar surface area (TPSA) is 53.9 Å². The number of fused-ring (bicyclic) bond motifs is 1. The van der Waals surface area contributed by atoms with Crippen LogP contribution < -0.4 is 10.2 Å². The molecular formula is C20H19F2N5. The number of nitrogens with zero attached hydrogens (tertiary/aromatic N) is 4. The minimum Gasteiger partial charge on any atom is -0.365 e. The molecule has 0 spiro atoms. The molecular weight excluding hydrogens is 348 g/mol. The monoisotopic (exact) mass is 367 g/mol. The molecule has 0 bridgehead atoms. The number of anilines is 2. The number of nitrogens with one attached hydrogen (secondary N) is 1. The van der Waals surface area contributed by atoms with Gasteiger partial charge in [-0.2, -0.15) is 0 Å². The van der Waals surface area contributed by atoms with Crippen molar-refractivity contribution in [3.05, 3.63) is 76.9 Å². The maximum Gasteiger partial charge on any atom is 0.163 e. The third kappa shape index (κ3) is 3.58. The van der Waals surface area contributed by atoms with Crippen LogP contribution >= 0.6 is 0 Å². The van der Waals surface area contributed by atoms with Crippen LogP contribution in [0.1, 0.15) is 22.4 Å². The highest BCUT2D eigenvalue weighted by Gasteiger charge is 2.22. The molecule has 3 heterocycles. The summed E-state index contributed by atoms with van der Waals surface area (Å²) in [6, 6.07) is 8.19. The summed E-state index contributed by atoms with van der Waals surface area (Å²) in [6.07, 6.45) is 4.12. The van der Waals surface area contributed by atoms with Gasteiger partial charge in [-0.3, -0.25) is 0 Å². The maximum atomic E-state index is 13.9. The van der Waals surface area contributed by atoms with E-state index < -0.39 is 11.6 Å². The largest absolute Gasteiger partial charge is 0.365 e. The highest BCUT2D eigenvalue weighted by Crippen LogP contribution is 2.26. The lowest BCUT2D eigenvalue weighted by Crippen LogP contribution is -2.32. The minimum absolute atomic E-state index is 0.149. The quantitative estimate of drug-likeness (QED) is 0.763. The lowest BCUT2D eigenvalue weighted by molar-refractivity contribution is 0.500.